The summed E-state index contributed by atoms with van der Waals surface area (Å²) in [6, 6.07) is 15.4. The zero-order chi connectivity index (χ0) is 22.2. The topological polar surface area (TPSA) is 58.6 Å². The molecular weight excluding hydrogens is 388 g/mol. The van der Waals surface area contributed by atoms with Crippen molar-refractivity contribution in [3.8, 4) is 5.75 Å². The first-order chi connectivity index (χ1) is 15.0. The molecule has 0 radical (unpaired) electrons. The first-order valence-electron chi connectivity index (χ1n) is 11.3. The minimum atomic E-state index is -0.479. The fourth-order valence-electron chi connectivity index (χ4n) is 4.20. The maximum atomic E-state index is 13.4. The molecule has 0 heterocycles. The van der Waals surface area contributed by atoms with Gasteiger partial charge in [-0.2, -0.15) is 0 Å². The standard InChI is InChI=1S/C26H34N2O3/c1-4-24(26(30)27-22-7-5-6-8-22)28(18-21-11-9-19(2)10-12-21)25(29)17-20-13-15-23(31-3)16-14-20/h9-16,22,24H,4-8,17-18H2,1-3H3,(H,27,30)/t24-/m0/s1. The van der Waals surface area contributed by atoms with Gasteiger partial charge in [-0.1, -0.05) is 61.7 Å². The summed E-state index contributed by atoms with van der Waals surface area (Å²) in [6.45, 7) is 4.44. The Hall–Kier alpha value is -2.82. The summed E-state index contributed by atoms with van der Waals surface area (Å²) < 4.78 is 5.21. The molecular formula is C26H34N2O3. The van der Waals surface area contributed by atoms with Crippen LogP contribution in [0.5, 0.6) is 5.75 Å². The highest BCUT2D eigenvalue weighted by Gasteiger charge is 2.30. The van der Waals surface area contributed by atoms with Crippen molar-refractivity contribution in [2.45, 2.75) is 71.0 Å². The lowest BCUT2D eigenvalue weighted by molar-refractivity contribution is -0.141. The van der Waals surface area contributed by atoms with Crippen LogP contribution >= 0.6 is 0 Å². The van der Waals surface area contributed by atoms with Gasteiger partial charge in [-0.05, 0) is 49.4 Å². The lowest BCUT2D eigenvalue weighted by Crippen LogP contribution is -2.51. The largest absolute Gasteiger partial charge is 0.497 e. The van der Waals surface area contributed by atoms with Crippen molar-refractivity contribution in [3.63, 3.8) is 0 Å². The van der Waals surface area contributed by atoms with Crippen LogP contribution in [-0.2, 0) is 22.6 Å². The second kappa shape index (κ2) is 11.0. The summed E-state index contributed by atoms with van der Waals surface area (Å²) in [5, 5.41) is 3.19. The van der Waals surface area contributed by atoms with Crippen molar-refractivity contribution in [1.82, 2.24) is 10.2 Å². The van der Waals surface area contributed by atoms with Crippen molar-refractivity contribution < 1.29 is 14.3 Å². The minimum Gasteiger partial charge on any atom is -0.497 e. The number of carbonyl (C=O) groups excluding carboxylic acids is 2. The summed E-state index contributed by atoms with van der Waals surface area (Å²) in [5.41, 5.74) is 3.11. The number of nitrogens with one attached hydrogen (secondary N) is 1. The Bertz CT molecular complexity index is 855. The van der Waals surface area contributed by atoms with Gasteiger partial charge in [-0.15, -0.1) is 0 Å². The smallest absolute Gasteiger partial charge is 0.243 e. The van der Waals surface area contributed by atoms with Crippen LogP contribution in [0.25, 0.3) is 0 Å². The zero-order valence-corrected chi connectivity index (χ0v) is 18.9. The van der Waals surface area contributed by atoms with Crippen molar-refractivity contribution in [2.75, 3.05) is 7.11 Å². The molecule has 0 saturated heterocycles. The minimum absolute atomic E-state index is 0.0374. The van der Waals surface area contributed by atoms with Crippen LogP contribution in [-0.4, -0.2) is 35.9 Å². The first-order valence-corrected chi connectivity index (χ1v) is 11.3. The third kappa shape index (κ3) is 6.33. The molecule has 0 bridgehead atoms. The van der Waals surface area contributed by atoms with Gasteiger partial charge in [-0.3, -0.25) is 9.59 Å². The predicted octanol–water partition coefficient (Wildman–Crippen LogP) is 4.41. The molecule has 1 aliphatic rings. The Kier molecular flexibility index (Phi) is 8.10. The third-order valence-corrected chi connectivity index (χ3v) is 6.08. The van der Waals surface area contributed by atoms with E-state index in [-0.39, 0.29) is 24.3 Å². The predicted molar refractivity (Wildman–Crippen MR) is 123 cm³/mol. The highest BCUT2D eigenvalue weighted by molar-refractivity contribution is 5.88. The molecule has 3 rings (SSSR count). The third-order valence-electron chi connectivity index (χ3n) is 6.08. The van der Waals surface area contributed by atoms with E-state index in [1.807, 2.05) is 62.4 Å². The van der Waals surface area contributed by atoms with Crippen LogP contribution in [0.15, 0.2) is 48.5 Å². The normalized spacial score (nSPS) is 14.8. The number of hydrogen-bond acceptors (Lipinski definition) is 3. The van der Waals surface area contributed by atoms with Crippen LogP contribution < -0.4 is 10.1 Å². The van der Waals surface area contributed by atoms with Gasteiger partial charge >= 0.3 is 0 Å². The second-order valence-electron chi connectivity index (χ2n) is 8.45. The van der Waals surface area contributed by atoms with Gasteiger partial charge in [0.05, 0.1) is 13.5 Å². The van der Waals surface area contributed by atoms with Gasteiger partial charge < -0.3 is 15.0 Å². The lowest BCUT2D eigenvalue weighted by atomic mass is 10.1. The van der Waals surface area contributed by atoms with Crippen LogP contribution in [0.2, 0.25) is 0 Å². The highest BCUT2D eigenvalue weighted by atomic mass is 16.5. The maximum absolute atomic E-state index is 13.4. The molecule has 5 nitrogen and oxygen atoms in total. The Labute approximate surface area is 185 Å². The monoisotopic (exact) mass is 422 g/mol. The van der Waals surface area contributed by atoms with Gasteiger partial charge in [-0.25, -0.2) is 0 Å². The van der Waals surface area contributed by atoms with Gasteiger partial charge in [0.1, 0.15) is 11.8 Å². The van der Waals surface area contributed by atoms with E-state index < -0.39 is 6.04 Å². The molecule has 0 aliphatic heterocycles. The van der Waals surface area contributed by atoms with Gasteiger partial charge in [0.15, 0.2) is 0 Å². The van der Waals surface area contributed by atoms with E-state index in [9.17, 15) is 9.59 Å². The second-order valence-corrected chi connectivity index (χ2v) is 8.45. The van der Waals surface area contributed by atoms with Crippen LogP contribution in [0, 0.1) is 6.92 Å². The number of methoxy groups -OCH3 is 1. The summed E-state index contributed by atoms with van der Waals surface area (Å²) in [4.78, 5) is 28.3. The fraction of sp³-hybridized carbons (Fsp3) is 0.462. The van der Waals surface area contributed by atoms with Gasteiger partial charge in [0.25, 0.3) is 0 Å². The van der Waals surface area contributed by atoms with Gasteiger partial charge in [0.2, 0.25) is 11.8 Å². The Morgan fingerprint density at radius 2 is 1.65 bits per heavy atom. The van der Waals surface area contributed by atoms with Gasteiger partial charge in [0, 0.05) is 12.6 Å². The number of aryl methyl sites for hydroxylation is 1. The van der Waals surface area contributed by atoms with E-state index in [1.54, 1.807) is 12.0 Å². The Morgan fingerprint density at radius 3 is 2.23 bits per heavy atom. The number of hydrogen-bond donors (Lipinski definition) is 1. The van der Waals surface area contributed by atoms with E-state index in [0.717, 1.165) is 42.6 Å². The van der Waals surface area contributed by atoms with E-state index in [2.05, 4.69) is 5.32 Å². The molecule has 1 aliphatic carbocycles. The average Bonchev–Trinajstić information content (AvgIpc) is 3.28. The number of carbonyl (C=O) groups is 2. The van der Waals surface area contributed by atoms with Crippen molar-refractivity contribution in [1.29, 1.82) is 0 Å². The molecule has 1 fully saturated rings. The molecule has 5 heteroatoms. The van der Waals surface area contributed by atoms with Crippen molar-refractivity contribution in [3.05, 3.63) is 65.2 Å². The summed E-state index contributed by atoms with van der Waals surface area (Å²) >= 11 is 0. The molecule has 1 atom stereocenters. The molecule has 2 aromatic rings. The molecule has 1 N–H and O–H groups in total. The molecule has 31 heavy (non-hydrogen) atoms. The zero-order valence-electron chi connectivity index (χ0n) is 18.9. The maximum Gasteiger partial charge on any atom is 0.243 e. The molecule has 0 spiro atoms. The van der Waals surface area contributed by atoms with E-state index in [0.29, 0.717) is 13.0 Å². The number of amides is 2. The number of benzene rings is 2. The summed E-state index contributed by atoms with van der Waals surface area (Å²) in [7, 11) is 1.62. The van der Waals surface area contributed by atoms with E-state index in [1.165, 1.54) is 5.56 Å². The lowest BCUT2D eigenvalue weighted by Gasteiger charge is -2.31. The quantitative estimate of drug-likeness (QED) is 0.651. The molecule has 1 saturated carbocycles. The van der Waals surface area contributed by atoms with Crippen LogP contribution in [0.3, 0.4) is 0 Å². The Balaban J connectivity index is 1.79. The summed E-state index contributed by atoms with van der Waals surface area (Å²) in [6.07, 6.45) is 5.21. The van der Waals surface area contributed by atoms with E-state index in [4.69, 9.17) is 4.74 Å². The SMILES string of the molecule is CC[C@@H](C(=O)NC1CCCC1)N(Cc1ccc(C)cc1)C(=O)Cc1ccc(OC)cc1. The average molecular weight is 423 g/mol. The highest BCUT2D eigenvalue weighted by Crippen LogP contribution is 2.20. The molecule has 166 valence electrons. The Morgan fingerprint density at radius 1 is 1.03 bits per heavy atom. The van der Waals surface area contributed by atoms with Crippen molar-refractivity contribution >= 4 is 11.8 Å². The first kappa shape index (κ1) is 22.9. The molecule has 2 aromatic carbocycles. The number of nitrogens with zero attached hydrogens (tertiary/aromatic N) is 1. The van der Waals surface area contributed by atoms with Crippen LogP contribution in [0.1, 0.15) is 55.7 Å². The van der Waals surface area contributed by atoms with E-state index >= 15 is 0 Å². The van der Waals surface area contributed by atoms with Crippen molar-refractivity contribution in [2.24, 2.45) is 0 Å². The fourth-order valence-corrected chi connectivity index (χ4v) is 4.20. The molecule has 0 unspecified atom stereocenters. The van der Waals surface area contributed by atoms with Crippen LogP contribution in [0.4, 0.5) is 0 Å². The number of ether oxygens (including phenoxy) is 1. The number of rotatable bonds is 9. The molecule has 2 amide bonds. The summed E-state index contributed by atoms with van der Waals surface area (Å²) in [5.74, 6) is 0.679. The molecule has 0 aromatic heterocycles.